The summed E-state index contributed by atoms with van der Waals surface area (Å²) >= 11 is 0. The number of benzene rings is 1. The van der Waals surface area contributed by atoms with Gasteiger partial charge in [0.1, 0.15) is 11.9 Å². The van der Waals surface area contributed by atoms with Gasteiger partial charge in [-0.3, -0.25) is 14.9 Å². The summed E-state index contributed by atoms with van der Waals surface area (Å²) in [5.41, 5.74) is 1.35. The van der Waals surface area contributed by atoms with Gasteiger partial charge in [0.15, 0.2) is 0 Å². The van der Waals surface area contributed by atoms with Crippen LogP contribution in [0.1, 0.15) is 44.6 Å². The SMILES string of the molecule is CCC(C)c1cc(NC2CCC(=O)NC2=O)ccc1F. The van der Waals surface area contributed by atoms with Gasteiger partial charge in [0.2, 0.25) is 11.8 Å². The standard InChI is InChI=1S/C15H19FN2O2/c1-3-9(2)11-8-10(4-5-12(11)16)17-13-6-7-14(19)18-15(13)20/h4-5,8-9,13,17H,3,6-7H2,1-2H3,(H,18,19,20). The monoisotopic (exact) mass is 278 g/mol. The van der Waals surface area contributed by atoms with Crippen LogP contribution in [0.25, 0.3) is 0 Å². The van der Waals surface area contributed by atoms with Crippen LogP contribution < -0.4 is 10.6 Å². The van der Waals surface area contributed by atoms with Gasteiger partial charge in [0.05, 0.1) is 0 Å². The second kappa shape index (κ2) is 6.03. The average molecular weight is 278 g/mol. The Morgan fingerprint density at radius 1 is 1.45 bits per heavy atom. The van der Waals surface area contributed by atoms with Crippen molar-refractivity contribution in [1.82, 2.24) is 5.32 Å². The number of carbonyl (C=O) groups is 2. The van der Waals surface area contributed by atoms with E-state index in [2.05, 4.69) is 10.6 Å². The quantitative estimate of drug-likeness (QED) is 0.832. The van der Waals surface area contributed by atoms with Gasteiger partial charge in [-0.1, -0.05) is 13.8 Å². The fourth-order valence-corrected chi connectivity index (χ4v) is 2.26. The van der Waals surface area contributed by atoms with E-state index in [1.165, 1.54) is 6.07 Å². The lowest BCUT2D eigenvalue weighted by molar-refractivity contribution is -0.133. The molecule has 2 N–H and O–H groups in total. The summed E-state index contributed by atoms with van der Waals surface area (Å²) in [5.74, 6) is -0.671. The molecule has 1 fully saturated rings. The summed E-state index contributed by atoms with van der Waals surface area (Å²) in [6.07, 6.45) is 1.63. The minimum absolute atomic E-state index is 0.124. The summed E-state index contributed by atoms with van der Waals surface area (Å²) in [6.45, 7) is 3.97. The molecule has 4 nitrogen and oxygen atoms in total. The molecule has 0 aromatic heterocycles. The fraction of sp³-hybridized carbons (Fsp3) is 0.467. The molecule has 0 radical (unpaired) electrons. The molecule has 0 spiro atoms. The van der Waals surface area contributed by atoms with Crippen molar-refractivity contribution >= 4 is 17.5 Å². The zero-order valence-electron chi connectivity index (χ0n) is 11.7. The van der Waals surface area contributed by atoms with E-state index in [0.717, 1.165) is 6.42 Å². The molecule has 20 heavy (non-hydrogen) atoms. The number of hydrogen-bond donors (Lipinski definition) is 2. The maximum absolute atomic E-state index is 13.8. The average Bonchev–Trinajstić information content (AvgIpc) is 2.43. The minimum Gasteiger partial charge on any atom is -0.374 e. The first kappa shape index (κ1) is 14.5. The Balaban J connectivity index is 2.13. The predicted octanol–water partition coefficient (Wildman–Crippen LogP) is 2.56. The largest absolute Gasteiger partial charge is 0.374 e. The van der Waals surface area contributed by atoms with Gasteiger partial charge >= 0.3 is 0 Å². The highest BCUT2D eigenvalue weighted by Crippen LogP contribution is 2.25. The third-order valence-corrected chi connectivity index (χ3v) is 3.72. The number of anilines is 1. The first-order valence-corrected chi connectivity index (χ1v) is 6.91. The van der Waals surface area contributed by atoms with Gasteiger partial charge in [-0.2, -0.15) is 0 Å². The second-order valence-corrected chi connectivity index (χ2v) is 5.19. The van der Waals surface area contributed by atoms with Crippen LogP contribution in [0.15, 0.2) is 18.2 Å². The van der Waals surface area contributed by atoms with Crippen LogP contribution in [0.3, 0.4) is 0 Å². The molecular weight excluding hydrogens is 259 g/mol. The number of halogens is 1. The van der Waals surface area contributed by atoms with Crippen LogP contribution in [-0.4, -0.2) is 17.9 Å². The molecule has 1 aromatic carbocycles. The molecule has 1 heterocycles. The molecule has 1 saturated heterocycles. The lowest BCUT2D eigenvalue weighted by Crippen LogP contribution is -2.47. The molecule has 2 rings (SSSR count). The van der Waals surface area contributed by atoms with Crippen LogP contribution >= 0.6 is 0 Å². The fourth-order valence-electron chi connectivity index (χ4n) is 2.26. The van der Waals surface area contributed by atoms with Crippen molar-refractivity contribution in [3.8, 4) is 0 Å². The Hall–Kier alpha value is -1.91. The number of imide groups is 1. The number of rotatable bonds is 4. The molecule has 2 atom stereocenters. The molecule has 1 aromatic rings. The first-order valence-electron chi connectivity index (χ1n) is 6.91. The summed E-state index contributed by atoms with van der Waals surface area (Å²) in [6, 6.07) is 4.33. The molecule has 2 unspecified atom stereocenters. The van der Waals surface area contributed by atoms with E-state index >= 15 is 0 Å². The molecule has 1 aliphatic heterocycles. The van der Waals surface area contributed by atoms with Crippen molar-refractivity contribution in [3.05, 3.63) is 29.6 Å². The molecule has 5 heteroatoms. The Morgan fingerprint density at radius 2 is 2.20 bits per heavy atom. The summed E-state index contributed by atoms with van der Waals surface area (Å²) < 4.78 is 13.8. The van der Waals surface area contributed by atoms with E-state index in [-0.39, 0.29) is 23.5 Å². The van der Waals surface area contributed by atoms with E-state index < -0.39 is 6.04 Å². The highest BCUT2D eigenvalue weighted by atomic mass is 19.1. The van der Waals surface area contributed by atoms with E-state index in [4.69, 9.17) is 0 Å². The molecular formula is C15H19FN2O2. The number of carbonyl (C=O) groups excluding carboxylic acids is 2. The lowest BCUT2D eigenvalue weighted by Gasteiger charge is -2.23. The number of hydrogen-bond acceptors (Lipinski definition) is 3. The summed E-state index contributed by atoms with van der Waals surface area (Å²) in [5, 5.41) is 5.36. The maximum atomic E-state index is 13.8. The van der Waals surface area contributed by atoms with Crippen molar-refractivity contribution in [1.29, 1.82) is 0 Å². The molecule has 0 bridgehead atoms. The third-order valence-electron chi connectivity index (χ3n) is 3.72. The molecule has 1 aliphatic rings. The van der Waals surface area contributed by atoms with Crippen LogP contribution in [0.2, 0.25) is 0 Å². The topological polar surface area (TPSA) is 58.2 Å². The maximum Gasteiger partial charge on any atom is 0.249 e. The molecule has 2 amide bonds. The number of piperidine rings is 1. The van der Waals surface area contributed by atoms with Gasteiger partial charge in [-0.05, 0) is 42.5 Å². The second-order valence-electron chi connectivity index (χ2n) is 5.19. The van der Waals surface area contributed by atoms with Gasteiger partial charge in [-0.25, -0.2) is 4.39 Å². The summed E-state index contributed by atoms with van der Waals surface area (Å²) in [7, 11) is 0. The van der Waals surface area contributed by atoms with Gasteiger partial charge in [0, 0.05) is 12.1 Å². The highest BCUT2D eigenvalue weighted by Gasteiger charge is 2.26. The first-order chi connectivity index (χ1) is 9.51. The van der Waals surface area contributed by atoms with E-state index in [0.29, 0.717) is 24.1 Å². The van der Waals surface area contributed by atoms with Crippen molar-refractivity contribution < 1.29 is 14.0 Å². The minimum atomic E-state index is -0.442. The van der Waals surface area contributed by atoms with Crippen LogP contribution in [0, 0.1) is 5.82 Å². The van der Waals surface area contributed by atoms with Crippen molar-refractivity contribution in [2.24, 2.45) is 0 Å². The van der Waals surface area contributed by atoms with Crippen LogP contribution in [0.5, 0.6) is 0 Å². The van der Waals surface area contributed by atoms with Crippen molar-refractivity contribution in [2.75, 3.05) is 5.32 Å². The van der Waals surface area contributed by atoms with Crippen molar-refractivity contribution in [3.63, 3.8) is 0 Å². The smallest absolute Gasteiger partial charge is 0.249 e. The van der Waals surface area contributed by atoms with Crippen LogP contribution in [-0.2, 0) is 9.59 Å². The normalized spacial score (nSPS) is 20.4. The Bertz CT molecular complexity index is 531. The lowest BCUT2D eigenvalue weighted by atomic mass is 9.97. The Labute approximate surface area is 117 Å². The van der Waals surface area contributed by atoms with E-state index in [1.807, 2.05) is 13.8 Å². The number of nitrogens with one attached hydrogen (secondary N) is 2. The third kappa shape index (κ3) is 3.15. The zero-order valence-corrected chi connectivity index (χ0v) is 11.7. The van der Waals surface area contributed by atoms with Crippen molar-refractivity contribution in [2.45, 2.75) is 45.1 Å². The van der Waals surface area contributed by atoms with Crippen LogP contribution in [0.4, 0.5) is 10.1 Å². The predicted molar refractivity (Wildman–Crippen MR) is 74.9 cm³/mol. The zero-order chi connectivity index (χ0) is 14.7. The van der Waals surface area contributed by atoms with E-state index in [9.17, 15) is 14.0 Å². The van der Waals surface area contributed by atoms with Gasteiger partial charge in [0.25, 0.3) is 0 Å². The number of amides is 2. The Morgan fingerprint density at radius 3 is 2.85 bits per heavy atom. The highest BCUT2D eigenvalue weighted by molar-refractivity contribution is 6.01. The Kier molecular flexibility index (Phi) is 4.37. The summed E-state index contributed by atoms with van der Waals surface area (Å²) in [4.78, 5) is 22.8. The molecule has 0 aliphatic carbocycles. The van der Waals surface area contributed by atoms with E-state index in [1.54, 1.807) is 12.1 Å². The molecule has 0 saturated carbocycles. The van der Waals surface area contributed by atoms with Gasteiger partial charge < -0.3 is 5.32 Å². The molecule has 108 valence electrons. The van der Waals surface area contributed by atoms with Gasteiger partial charge in [-0.15, -0.1) is 0 Å².